The van der Waals surface area contributed by atoms with Crippen LogP contribution in [0.5, 0.6) is 5.75 Å². The molecule has 0 radical (unpaired) electrons. The van der Waals surface area contributed by atoms with E-state index in [2.05, 4.69) is 9.72 Å². The molecular weight excluding hydrogens is 411 g/mol. The smallest absolute Gasteiger partial charge is 0.406 e. The van der Waals surface area contributed by atoms with Gasteiger partial charge in [-0.15, -0.1) is 13.2 Å². The number of carbonyl (C=O) groups excluding carboxylic acids is 1. The summed E-state index contributed by atoms with van der Waals surface area (Å²) in [5.41, 5.74) is 1.12. The maximum Gasteiger partial charge on any atom is 0.573 e. The maximum absolute atomic E-state index is 13.1. The van der Waals surface area contributed by atoms with Crippen LogP contribution in [-0.2, 0) is 10.0 Å². The SMILES string of the molecule is Cc1cc(OC(F)(F)F)ccc1S(=O)(=O)N1CCN2C(=O)c3cccnc3C2C1. The van der Waals surface area contributed by atoms with Crippen molar-refractivity contribution in [3.05, 3.63) is 53.3 Å². The highest BCUT2D eigenvalue weighted by Crippen LogP contribution is 2.37. The van der Waals surface area contributed by atoms with Gasteiger partial charge in [-0.1, -0.05) is 0 Å². The molecule has 1 amide bonds. The molecule has 1 atom stereocenters. The average Bonchev–Trinajstić information content (AvgIpc) is 2.93. The number of alkyl halides is 3. The third-order valence-electron chi connectivity index (χ3n) is 4.99. The molecule has 1 saturated heterocycles. The van der Waals surface area contributed by atoms with E-state index in [0.717, 1.165) is 18.2 Å². The molecule has 3 heterocycles. The second-order valence-electron chi connectivity index (χ2n) is 6.79. The second kappa shape index (κ2) is 6.70. The molecule has 1 unspecified atom stereocenters. The van der Waals surface area contributed by atoms with E-state index < -0.39 is 28.2 Å². The molecule has 154 valence electrons. The monoisotopic (exact) mass is 427 g/mol. The van der Waals surface area contributed by atoms with E-state index in [4.69, 9.17) is 0 Å². The first kappa shape index (κ1) is 19.6. The van der Waals surface area contributed by atoms with Gasteiger partial charge in [0.25, 0.3) is 5.91 Å². The van der Waals surface area contributed by atoms with Gasteiger partial charge in [-0.05, 0) is 42.8 Å². The molecule has 0 spiro atoms. The average molecular weight is 427 g/mol. The number of rotatable bonds is 3. The van der Waals surface area contributed by atoms with Crippen molar-refractivity contribution < 1.29 is 31.1 Å². The first-order chi connectivity index (χ1) is 13.6. The number of benzene rings is 1. The second-order valence-corrected chi connectivity index (χ2v) is 8.70. The van der Waals surface area contributed by atoms with E-state index in [9.17, 15) is 26.4 Å². The van der Waals surface area contributed by atoms with Gasteiger partial charge in [-0.25, -0.2) is 8.42 Å². The lowest BCUT2D eigenvalue weighted by Crippen LogP contribution is -2.49. The minimum Gasteiger partial charge on any atom is -0.406 e. The Balaban J connectivity index is 1.62. The highest BCUT2D eigenvalue weighted by Gasteiger charge is 2.44. The predicted octanol–water partition coefficient (Wildman–Crippen LogP) is 2.49. The Morgan fingerprint density at radius 1 is 1.21 bits per heavy atom. The van der Waals surface area contributed by atoms with Crippen LogP contribution in [0.1, 0.15) is 27.7 Å². The van der Waals surface area contributed by atoms with Gasteiger partial charge in [0.2, 0.25) is 10.0 Å². The quantitative estimate of drug-likeness (QED) is 0.752. The van der Waals surface area contributed by atoms with Crippen molar-refractivity contribution in [1.82, 2.24) is 14.2 Å². The summed E-state index contributed by atoms with van der Waals surface area (Å²) in [6.07, 6.45) is -3.31. The van der Waals surface area contributed by atoms with Crippen LogP contribution in [-0.4, -0.2) is 54.5 Å². The Bertz CT molecular complexity index is 1090. The highest BCUT2D eigenvalue weighted by molar-refractivity contribution is 7.89. The first-order valence-corrected chi connectivity index (χ1v) is 10.1. The van der Waals surface area contributed by atoms with Gasteiger partial charge >= 0.3 is 6.36 Å². The predicted molar refractivity (Wildman–Crippen MR) is 94.6 cm³/mol. The molecule has 29 heavy (non-hydrogen) atoms. The number of hydrogen-bond acceptors (Lipinski definition) is 5. The van der Waals surface area contributed by atoms with Gasteiger partial charge in [-0.3, -0.25) is 9.78 Å². The topological polar surface area (TPSA) is 79.8 Å². The van der Waals surface area contributed by atoms with Crippen LogP contribution in [0, 0.1) is 6.92 Å². The van der Waals surface area contributed by atoms with Crippen LogP contribution in [0.4, 0.5) is 13.2 Å². The molecule has 2 aromatic rings. The lowest BCUT2D eigenvalue weighted by atomic mass is 10.1. The zero-order valence-electron chi connectivity index (χ0n) is 15.2. The van der Waals surface area contributed by atoms with Crippen molar-refractivity contribution >= 4 is 15.9 Å². The third kappa shape index (κ3) is 3.44. The summed E-state index contributed by atoms with van der Waals surface area (Å²) in [5.74, 6) is -0.668. The lowest BCUT2D eigenvalue weighted by molar-refractivity contribution is -0.274. The summed E-state index contributed by atoms with van der Waals surface area (Å²) < 4.78 is 68.5. The van der Waals surface area contributed by atoms with Crippen LogP contribution < -0.4 is 4.74 Å². The van der Waals surface area contributed by atoms with Gasteiger partial charge < -0.3 is 9.64 Å². The fourth-order valence-corrected chi connectivity index (χ4v) is 5.36. The molecular formula is C18H16F3N3O4S. The van der Waals surface area contributed by atoms with Crippen molar-refractivity contribution in [3.8, 4) is 5.75 Å². The molecule has 1 aromatic carbocycles. The number of carbonyl (C=O) groups is 1. The maximum atomic E-state index is 13.1. The third-order valence-corrected chi connectivity index (χ3v) is 7.01. The number of nitrogens with zero attached hydrogens (tertiary/aromatic N) is 3. The Kier molecular flexibility index (Phi) is 4.54. The van der Waals surface area contributed by atoms with E-state index >= 15 is 0 Å². The van der Waals surface area contributed by atoms with Crippen LogP contribution in [0.25, 0.3) is 0 Å². The number of aromatic nitrogens is 1. The molecule has 1 fully saturated rings. The number of ether oxygens (including phenoxy) is 1. The number of fused-ring (bicyclic) bond motifs is 3. The Labute approximate surface area is 164 Å². The Morgan fingerprint density at radius 2 is 1.97 bits per heavy atom. The number of hydrogen-bond donors (Lipinski definition) is 0. The van der Waals surface area contributed by atoms with Gasteiger partial charge in [-0.2, -0.15) is 4.31 Å². The number of amides is 1. The van der Waals surface area contributed by atoms with Crippen molar-refractivity contribution in [2.75, 3.05) is 19.6 Å². The summed E-state index contributed by atoms with van der Waals surface area (Å²) in [4.78, 5) is 18.2. The fourth-order valence-electron chi connectivity index (χ4n) is 3.72. The summed E-state index contributed by atoms with van der Waals surface area (Å²) in [7, 11) is -3.98. The van der Waals surface area contributed by atoms with Gasteiger partial charge in [0.15, 0.2) is 0 Å². The molecule has 0 aliphatic carbocycles. The molecule has 0 bridgehead atoms. The van der Waals surface area contributed by atoms with E-state index in [1.165, 1.54) is 11.2 Å². The molecule has 2 aliphatic heterocycles. The summed E-state index contributed by atoms with van der Waals surface area (Å²) >= 11 is 0. The normalized spacial score (nSPS) is 19.8. The van der Waals surface area contributed by atoms with Gasteiger partial charge in [0, 0.05) is 25.8 Å². The lowest BCUT2D eigenvalue weighted by Gasteiger charge is -2.36. The minimum absolute atomic E-state index is 0.0261. The van der Waals surface area contributed by atoms with Gasteiger partial charge in [0.1, 0.15) is 5.75 Å². The molecule has 1 aromatic heterocycles. The molecule has 11 heteroatoms. The zero-order valence-corrected chi connectivity index (χ0v) is 16.0. The van der Waals surface area contributed by atoms with Gasteiger partial charge in [0.05, 0.1) is 22.2 Å². The van der Waals surface area contributed by atoms with Crippen LogP contribution in [0.2, 0.25) is 0 Å². The van der Waals surface area contributed by atoms with Crippen molar-refractivity contribution in [3.63, 3.8) is 0 Å². The summed E-state index contributed by atoms with van der Waals surface area (Å²) in [6.45, 7) is 1.72. The first-order valence-electron chi connectivity index (χ1n) is 8.70. The standard InChI is InChI=1S/C18H16F3N3O4S/c1-11-9-12(28-18(19,20)21)4-5-15(11)29(26,27)23-7-8-24-14(10-23)16-13(17(24)25)3-2-6-22-16/h2-6,9,14H,7-8,10H2,1H3. The fraction of sp³-hybridized carbons (Fsp3) is 0.333. The number of piperazine rings is 1. The number of pyridine rings is 1. The van der Waals surface area contributed by atoms with Crippen molar-refractivity contribution in [2.45, 2.75) is 24.2 Å². The van der Waals surface area contributed by atoms with Crippen LogP contribution in [0.15, 0.2) is 41.4 Å². The molecule has 0 N–H and O–H groups in total. The van der Waals surface area contributed by atoms with Crippen LogP contribution in [0.3, 0.4) is 0 Å². The molecule has 4 rings (SSSR count). The Morgan fingerprint density at radius 3 is 2.66 bits per heavy atom. The van der Waals surface area contributed by atoms with E-state index in [-0.39, 0.29) is 36.0 Å². The molecule has 2 aliphatic rings. The number of sulfonamides is 1. The van der Waals surface area contributed by atoms with E-state index in [1.54, 1.807) is 23.2 Å². The zero-order chi connectivity index (χ0) is 21.0. The largest absolute Gasteiger partial charge is 0.573 e. The highest BCUT2D eigenvalue weighted by atomic mass is 32.2. The Hall–Kier alpha value is -2.66. The molecule has 0 saturated carbocycles. The minimum atomic E-state index is -4.86. The van der Waals surface area contributed by atoms with E-state index in [1.807, 2.05) is 0 Å². The number of halogens is 3. The summed E-state index contributed by atoms with van der Waals surface area (Å²) in [6, 6.07) is 5.93. The van der Waals surface area contributed by atoms with Crippen molar-refractivity contribution in [2.24, 2.45) is 0 Å². The molecule has 7 nitrogen and oxygen atoms in total. The number of aryl methyl sites for hydroxylation is 1. The van der Waals surface area contributed by atoms with Crippen LogP contribution >= 0.6 is 0 Å². The van der Waals surface area contributed by atoms with Crippen molar-refractivity contribution in [1.29, 1.82) is 0 Å². The summed E-state index contributed by atoms with van der Waals surface area (Å²) in [5, 5.41) is 0. The van der Waals surface area contributed by atoms with E-state index in [0.29, 0.717) is 11.3 Å².